The van der Waals surface area contributed by atoms with Crippen molar-refractivity contribution in [2.75, 3.05) is 0 Å². The van der Waals surface area contributed by atoms with Gasteiger partial charge in [-0.2, -0.15) is 0 Å². The van der Waals surface area contributed by atoms with Gasteiger partial charge in [-0.3, -0.25) is 0 Å². The van der Waals surface area contributed by atoms with Crippen molar-refractivity contribution in [1.29, 1.82) is 0 Å². The van der Waals surface area contributed by atoms with E-state index in [0.29, 0.717) is 5.76 Å². The fourth-order valence-electron chi connectivity index (χ4n) is 2.68. The first-order chi connectivity index (χ1) is 8.86. The molecule has 6 heteroatoms. The van der Waals surface area contributed by atoms with Crippen molar-refractivity contribution >= 4 is 10.0 Å². The van der Waals surface area contributed by atoms with Crippen molar-refractivity contribution in [3.63, 3.8) is 0 Å². The van der Waals surface area contributed by atoms with Crippen molar-refractivity contribution in [2.24, 2.45) is 0 Å². The largest absolute Gasteiger partial charge is 0.462 e. The number of sulfonamides is 1. The SMILES string of the molecule is Cc1oc(CO)cc1S(=O)(=O)NC1(C)CCCCC1. The summed E-state index contributed by atoms with van der Waals surface area (Å²) in [7, 11) is -3.59. The van der Waals surface area contributed by atoms with Crippen LogP contribution in [0, 0.1) is 6.92 Å². The van der Waals surface area contributed by atoms with Crippen molar-refractivity contribution in [1.82, 2.24) is 4.72 Å². The third-order valence-corrected chi connectivity index (χ3v) is 5.45. The monoisotopic (exact) mass is 287 g/mol. The lowest BCUT2D eigenvalue weighted by Crippen LogP contribution is -2.47. The predicted octanol–water partition coefficient (Wildman–Crippen LogP) is 2.08. The summed E-state index contributed by atoms with van der Waals surface area (Å²) in [5.41, 5.74) is -0.375. The number of hydrogen-bond donors (Lipinski definition) is 2. The van der Waals surface area contributed by atoms with Crippen LogP contribution in [0.5, 0.6) is 0 Å². The lowest BCUT2D eigenvalue weighted by atomic mass is 9.84. The Morgan fingerprint density at radius 2 is 2.00 bits per heavy atom. The van der Waals surface area contributed by atoms with E-state index >= 15 is 0 Å². The summed E-state index contributed by atoms with van der Waals surface area (Å²) >= 11 is 0. The Bertz CT molecular complexity index is 541. The Morgan fingerprint density at radius 1 is 1.37 bits per heavy atom. The van der Waals surface area contributed by atoms with Gasteiger partial charge in [-0.25, -0.2) is 13.1 Å². The number of nitrogens with one attached hydrogen (secondary N) is 1. The van der Waals surface area contributed by atoms with Crippen LogP contribution < -0.4 is 4.72 Å². The van der Waals surface area contributed by atoms with Gasteiger partial charge < -0.3 is 9.52 Å². The predicted molar refractivity (Wildman–Crippen MR) is 71.2 cm³/mol. The van der Waals surface area contributed by atoms with Gasteiger partial charge in [-0.05, 0) is 26.7 Å². The molecular weight excluding hydrogens is 266 g/mol. The Labute approximate surface area is 114 Å². The number of aliphatic hydroxyl groups is 1. The number of aryl methyl sites for hydroxylation is 1. The highest BCUT2D eigenvalue weighted by Crippen LogP contribution is 2.30. The molecule has 0 atom stereocenters. The second kappa shape index (κ2) is 5.26. The van der Waals surface area contributed by atoms with Gasteiger partial charge in [-0.1, -0.05) is 19.3 Å². The maximum Gasteiger partial charge on any atom is 0.244 e. The zero-order valence-corrected chi connectivity index (χ0v) is 12.2. The molecular formula is C13H21NO4S. The molecule has 1 heterocycles. The van der Waals surface area contributed by atoms with E-state index in [9.17, 15) is 8.42 Å². The van der Waals surface area contributed by atoms with E-state index in [1.54, 1.807) is 6.92 Å². The zero-order chi connectivity index (χ0) is 14.1. The summed E-state index contributed by atoms with van der Waals surface area (Å²) in [5, 5.41) is 9.00. The molecule has 0 aliphatic heterocycles. The third kappa shape index (κ3) is 3.19. The van der Waals surface area contributed by atoms with Crippen LogP contribution in [-0.2, 0) is 16.6 Å². The quantitative estimate of drug-likeness (QED) is 0.888. The average Bonchev–Trinajstić information content (AvgIpc) is 2.71. The fraction of sp³-hybridized carbons (Fsp3) is 0.692. The van der Waals surface area contributed by atoms with Crippen molar-refractivity contribution in [3.05, 3.63) is 17.6 Å². The normalized spacial score (nSPS) is 19.5. The molecule has 2 N–H and O–H groups in total. The molecule has 1 saturated carbocycles. The molecule has 0 saturated heterocycles. The number of hydrogen-bond acceptors (Lipinski definition) is 4. The molecule has 0 amide bonds. The van der Waals surface area contributed by atoms with Gasteiger partial charge in [0.25, 0.3) is 0 Å². The number of furan rings is 1. The van der Waals surface area contributed by atoms with E-state index in [2.05, 4.69) is 4.72 Å². The molecule has 1 aromatic heterocycles. The summed E-state index contributed by atoms with van der Waals surface area (Å²) in [4.78, 5) is 0.128. The molecule has 1 aliphatic rings. The Morgan fingerprint density at radius 3 is 2.53 bits per heavy atom. The molecule has 19 heavy (non-hydrogen) atoms. The molecule has 0 radical (unpaired) electrons. The smallest absolute Gasteiger partial charge is 0.244 e. The van der Waals surface area contributed by atoms with E-state index in [-0.39, 0.29) is 22.8 Å². The van der Waals surface area contributed by atoms with Gasteiger partial charge in [0.05, 0.1) is 0 Å². The highest BCUT2D eigenvalue weighted by atomic mass is 32.2. The minimum Gasteiger partial charge on any atom is -0.462 e. The van der Waals surface area contributed by atoms with Crippen molar-refractivity contribution in [3.8, 4) is 0 Å². The zero-order valence-electron chi connectivity index (χ0n) is 11.4. The van der Waals surface area contributed by atoms with Gasteiger partial charge in [-0.15, -0.1) is 0 Å². The second-order valence-corrected chi connectivity index (χ2v) is 7.17. The Kier molecular flexibility index (Phi) is 4.03. The Balaban J connectivity index is 2.24. The van der Waals surface area contributed by atoms with Crippen LogP contribution in [0.2, 0.25) is 0 Å². The van der Waals surface area contributed by atoms with E-state index in [1.165, 1.54) is 6.07 Å². The fourth-order valence-corrected chi connectivity index (χ4v) is 4.35. The molecule has 0 bridgehead atoms. The molecule has 0 aromatic carbocycles. The standard InChI is InChI=1S/C13H21NO4S/c1-10-12(8-11(9-15)18-10)19(16,17)14-13(2)6-4-3-5-7-13/h8,14-15H,3-7,9H2,1-2H3. The van der Waals surface area contributed by atoms with Gasteiger partial charge in [0.1, 0.15) is 23.0 Å². The maximum atomic E-state index is 12.4. The molecule has 1 fully saturated rings. The van der Waals surface area contributed by atoms with Crippen LogP contribution in [0.1, 0.15) is 50.5 Å². The van der Waals surface area contributed by atoms with Gasteiger partial charge >= 0.3 is 0 Å². The minimum absolute atomic E-state index is 0.128. The lowest BCUT2D eigenvalue weighted by molar-refractivity contribution is 0.244. The maximum absolute atomic E-state index is 12.4. The van der Waals surface area contributed by atoms with Crippen LogP contribution in [-0.4, -0.2) is 19.1 Å². The van der Waals surface area contributed by atoms with Gasteiger partial charge in [0.2, 0.25) is 10.0 Å². The Hall–Kier alpha value is -0.850. The van der Waals surface area contributed by atoms with Crippen LogP contribution in [0.15, 0.2) is 15.4 Å². The molecule has 0 spiro atoms. The molecule has 5 nitrogen and oxygen atoms in total. The van der Waals surface area contributed by atoms with E-state index in [0.717, 1.165) is 32.1 Å². The van der Waals surface area contributed by atoms with E-state index in [4.69, 9.17) is 9.52 Å². The van der Waals surface area contributed by atoms with Gasteiger partial charge in [0.15, 0.2) is 0 Å². The first-order valence-corrected chi connectivity index (χ1v) is 8.09. The number of aliphatic hydroxyl groups excluding tert-OH is 1. The molecule has 1 aliphatic carbocycles. The highest BCUT2D eigenvalue weighted by molar-refractivity contribution is 7.89. The van der Waals surface area contributed by atoms with Gasteiger partial charge in [0, 0.05) is 11.6 Å². The third-order valence-electron chi connectivity index (χ3n) is 3.71. The van der Waals surface area contributed by atoms with E-state index < -0.39 is 10.0 Å². The average molecular weight is 287 g/mol. The van der Waals surface area contributed by atoms with Crippen LogP contribution >= 0.6 is 0 Å². The summed E-state index contributed by atoms with van der Waals surface area (Å²) in [6, 6.07) is 1.39. The molecule has 1 aromatic rings. The summed E-state index contributed by atoms with van der Waals surface area (Å²) in [6.45, 7) is 3.25. The first kappa shape index (κ1) is 14.6. The lowest BCUT2D eigenvalue weighted by Gasteiger charge is -2.33. The summed E-state index contributed by atoms with van der Waals surface area (Å²) < 4.78 is 32.8. The van der Waals surface area contributed by atoms with Crippen LogP contribution in [0.25, 0.3) is 0 Å². The topological polar surface area (TPSA) is 79.5 Å². The molecule has 108 valence electrons. The van der Waals surface area contributed by atoms with Crippen LogP contribution in [0.4, 0.5) is 0 Å². The first-order valence-electron chi connectivity index (χ1n) is 6.60. The molecule has 0 unspecified atom stereocenters. The van der Waals surface area contributed by atoms with E-state index in [1.807, 2.05) is 6.92 Å². The van der Waals surface area contributed by atoms with Crippen molar-refractivity contribution < 1.29 is 17.9 Å². The summed E-state index contributed by atoms with van der Waals surface area (Å²) in [5.74, 6) is 0.586. The second-order valence-electron chi connectivity index (χ2n) is 5.52. The van der Waals surface area contributed by atoms with Crippen molar-refractivity contribution in [2.45, 2.75) is 63.0 Å². The summed E-state index contributed by atoms with van der Waals surface area (Å²) in [6.07, 6.45) is 4.97. The highest BCUT2D eigenvalue weighted by Gasteiger charge is 2.33. The minimum atomic E-state index is -3.59. The number of rotatable bonds is 4. The van der Waals surface area contributed by atoms with Crippen LogP contribution in [0.3, 0.4) is 0 Å². The molecule has 2 rings (SSSR count).